The van der Waals surface area contributed by atoms with Gasteiger partial charge in [0.25, 0.3) is 0 Å². The van der Waals surface area contributed by atoms with Gasteiger partial charge in [0.05, 0.1) is 6.61 Å². The van der Waals surface area contributed by atoms with E-state index in [4.69, 9.17) is 4.74 Å². The summed E-state index contributed by atoms with van der Waals surface area (Å²) in [4.78, 5) is 11.1. The van der Waals surface area contributed by atoms with Crippen molar-refractivity contribution in [2.45, 2.75) is 31.8 Å². The molecule has 1 aliphatic heterocycles. The van der Waals surface area contributed by atoms with Gasteiger partial charge >= 0.3 is 5.97 Å². The second-order valence-corrected chi connectivity index (χ2v) is 3.31. The Morgan fingerprint density at radius 1 is 1.64 bits per heavy atom. The third kappa shape index (κ3) is 1.25. The zero-order valence-corrected chi connectivity index (χ0v) is 6.67. The van der Waals surface area contributed by atoms with Crippen LogP contribution >= 0.6 is 0 Å². The molecular formula is C8H13NO2. The molecule has 0 aromatic carbocycles. The summed E-state index contributed by atoms with van der Waals surface area (Å²) >= 11 is 0. The van der Waals surface area contributed by atoms with E-state index < -0.39 is 0 Å². The first-order valence-corrected chi connectivity index (χ1v) is 4.24. The van der Waals surface area contributed by atoms with Crippen molar-refractivity contribution in [2.75, 3.05) is 6.61 Å². The molecule has 0 radical (unpaired) electrons. The molecule has 1 N–H and O–H groups in total. The van der Waals surface area contributed by atoms with Crippen molar-refractivity contribution in [3.63, 3.8) is 0 Å². The maximum absolute atomic E-state index is 11.1. The minimum Gasteiger partial charge on any atom is -0.465 e. The van der Waals surface area contributed by atoms with Crippen molar-refractivity contribution in [3.8, 4) is 0 Å². The molecule has 1 saturated heterocycles. The van der Waals surface area contributed by atoms with Gasteiger partial charge in [0.2, 0.25) is 0 Å². The van der Waals surface area contributed by atoms with Crippen LogP contribution in [0.2, 0.25) is 0 Å². The number of ether oxygens (including phenoxy) is 1. The zero-order valence-electron chi connectivity index (χ0n) is 6.67. The first-order valence-electron chi connectivity index (χ1n) is 4.24. The Morgan fingerprint density at radius 3 is 3.00 bits per heavy atom. The smallest absolute Gasteiger partial charge is 0.323 e. The lowest BCUT2D eigenvalue weighted by atomic mass is 10.2. The SMILES string of the molecule is CCOC(=O)C1CC2CC2N1. The van der Waals surface area contributed by atoms with Crippen LogP contribution in [0.3, 0.4) is 0 Å². The molecule has 11 heavy (non-hydrogen) atoms. The Kier molecular flexibility index (Phi) is 1.60. The Hall–Kier alpha value is -0.570. The van der Waals surface area contributed by atoms with Crippen LogP contribution in [0, 0.1) is 5.92 Å². The van der Waals surface area contributed by atoms with Gasteiger partial charge in [-0.05, 0) is 25.7 Å². The van der Waals surface area contributed by atoms with E-state index in [1.165, 1.54) is 6.42 Å². The molecule has 2 rings (SSSR count). The second-order valence-electron chi connectivity index (χ2n) is 3.31. The molecule has 2 aliphatic rings. The van der Waals surface area contributed by atoms with Crippen molar-refractivity contribution >= 4 is 5.97 Å². The average Bonchev–Trinajstić information content (AvgIpc) is 2.59. The molecule has 0 aromatic rings. The largest absolute Gasteiger partial charge is 0.465 e. The summed E-state index contributed by atoms with van der Waals surface area (Å²) in [5.41, 5.74) is 0. The fraction of sp³-hybridized carbons (Fsp3) is 0.875. The topological polar surface area (TPSA) is 38.3 Å². The van der Waals surface area contributed by atoms with Crippen LogP contribution in [-0.4, -0.2) is 24.7 Å². The molecule has 3 nitrogen and oxygen atoms in total. The van der Waals surface area contributed by atoms with Crippen LogP contribution in [-0.2, 0) is 9.53 Å². The van der Waals surface area contributed by atoms with E-state index in [2.05, 4.69) is 5.32 Å². The highest BCUT2D eigenvalue weighted by Crippen LogP contribution is 2.40. The fourth-order valence-electron chi connectivity index (χ4n) is 1.75. The molecule has 0 aromatic heterocycles. The van der Waals surface area contributed by atoms with Crippen molar-refractivity contribution < 1.29 is 9.53 Å². The Labute approximate surface area is 66.1 Å². The quantitative estimate of drug-likeness (QED) is 0.583. The molecular weight excluding hydrogens is 142 g/mol. The maximum Gasteiger partial charge on any atom is 0.323 e. The van der Waals surface area contributed by atoms with Crippen LogP contribution < -0.4 is 5.32 Å². The van der Waals surface area contributed by atoms with Crippen molar-refractivity contribution in [1.29, 1.82) is 0 Å². The fourth-order valence-corrected chi connectivity index (χ4v) is 1.75. The van der Waals surface area contributed by atoms with Gasteiger partial charge in [-0.25, -0.2) is 0 Å². The third-order valence-corrected chi connectivity index (χ3v) is 2.45. The second kappa shape index (κ2) is 2.48. The summed E-state index contributed by atoms with van der Waals surface area (Å²) in [5, 5.41) is 3.24. The summed E-state index contributed by atoms with van der Waals surface area (Å²) in [7, 11) is 0. The lowest BCUT2D eigenvalue weighted by molar-refractivity contribution is -0.145. The summed E-state index contributed by atoms with van der Waals surface area (Å²) in [6, 6.07) is 0.628. The number of carbonyl (C=O) groups excluding carboxylic acids is 1. The van der Waals surface area contributed by atoms with Crippen molar-refractivity contribution in [2.24, 2.45) is 5.92 Å². The van der Waals surface area contributed by atoms with Crippen LogP contribution in [0.25, 0.3) is 0 Å². The van der Waals surface area contributed by atoms with Crippen LogP contribution in [0.1, 0.15) is 19.8 Å². The summed E-state index contributed by atoms with van der Waals surface area (Å²) in [5.74, 6) is 0.698. The normalized spacial score (nSPS) is 39.9. The van der Waals surface area contributed by atoms with E-state index in [1.807, 2.05) is 6.92 Å². The number of rotatable bonds is 2. The standard InChI is InChI=1S/C8H13NO2/c1-2-11-8(10)7-4-5-3-6(5)9-7/h5-7,9H,2-4H2,1H3. The number of esters is 1. The van der Waals surface area contributed by atoms with Gasteiger partial charge in [0.1, 0.15) is 6.04 Å². The highest BCUT2D eigenvalue weighted by atomic mass is 16.5. The van der Waals surface area contributed by atoms with E-state index in [0.29, 0.717) is 12.6 Å². The number of fused-ring (bicyclic) bond motifs is 1. The number of hydrogen-bond donors (Lipinski definition) is 1. The minimum atomic E-state index is -0.0697. The molecule has 3 atom stereocenters. The lowest BCUT2D eigenvalue weighted by Crippen LogP contribution is -2.35. The van der Waals surface area contributed by atoms with Crippen molar-refractivity contribution in [3.05, 3.63) is 0 Å². The van der Waals surface area contributed by atoms with Gasteiger partial charge in [-0.2, -0.15) is 0 Å². The number of carbonyl (C=O) groups is 1. The molecule has 1 saturated carbocycles. The zero-order chi connectivity index (χ0) is 7.84. The Bertz CT molecular complexity index is 171. The molecule has 3 unspecified atom stereocenters. The number of nitrogens with one attached hydrogen (secondary N) is 1. The van der Waals surface area contributed by atoms with Gasteiger partial charge in [-0.3, -0.25) is 4.79 Å². The molecule has 2 fully saturated rings. The van der Waals surface area contributed by atoms with E-state index >= 15 is 0 Å². The summed E-state index contributed by atoms with van der Waals surface area (Å²) in [6.07, 6.45) is 2.25. The van der Waals surface area contributed by atoms with Gasteiger partial charge in [0, 0.05) is 6.04 Å². The number of piperidine rings is 1. The van der Waals surface area contributed by atoms with Crippen LogP contribution in [0.4, 0.5) is 0 Å². The van der Waals surface area contributed by atoms with Gasteiger partial charge in [-0.15, -0.1) is 0 Å². The highest BCUT2D eigenvalue weighted by molar-refractivity contribution is 5.76. The monoisotopic (exact) mass is 155 g/mol. The van der Waals surface area contributed by atoms with Gasteiger partial charge in [0.15, 0.2) is 0 Å². The molecule has 0 amide bonds. The number of hydrogen-bond acceptors (Lipinski definition) is 3. The van der Waals surface area contributed by atoms with E-state index in [9.17, 15) is 4.79 Å². The van der Waals surface area contributed by atoms with Crippen LogP contribution in [0.15, 0.2) is 0 Å². The molecule has 3 heteroatoms. The minimum absolute atomic E-state index is 0.00120. The lowest BCUT2D eigenvalue weighted by Gasteiger charge is -2.10. The molecule has 0 spiro atoms. The molecule has 0 bridgehead atoms. The predicted molar refractivity (Wildman–Crippen MR) is 40.1 cm³/mol. The maximum atomic E-state index is 11.1. The summed E-state index contributed by atoms with van der Waals surface area (Å²) in [6.45, 7) is 2.33. The molecule has 1 heterocycles. The third-order valence-electron chi connectivity index (χ3n) is 2.45. The Morgan fingerprint density at radius 2 is 2.45 bits per heavy atom. The van der Waals surface area contributed by atoms with E-state index in [1.54, 1.807) is 0 Å². The first-order chi connectivity index (χ1) is 5.31. The van der Waals surface area contributed by atoms with Crippen molar-refractivity contribution in [1.82, 2.24) is 5.32 Å². The van der Waals surface area contributed by atoms with E-state index in [-0.39, 0.29) is 12.0 Å². The van der Waals surface area contributed by atoms with Gasteiger partial charge in [-0.1, -0.05) is 0 Å². The molecule has 62 valence electrons. The Balaban J connectivity index is 1.82. The summed E-state index contributed by atoms with van der Waals surface area (Å²) < 4.78 is 4.89. The predicted octanol–water partition coefficient (Wildman–Crippen LogP) is 0.300. The van der Waals surface area contributed by atoms with Crippen LogP contribution in [0.5, 0.6) is 0 Å². The highest BCUT2D eigenvalue weighted by Gasteiger charge is 2.48. The average molecular weight is 155 g/mol. The molecule has 1 aliphatic carbocycles. The first kappa shape index (κ1) is 7.10. The van der Waals surface area contributed by atoms with Gasteiger partial charge < -0.3 is 10.1 Å². The van der Waals surface area contributed by atoms with E-state index in [0.717, 1.165) is 12.3 Å².